The number of nitrogens with zero attached hydrogens (tertiary/aromatic N) is 3. The van der Waals surface area contributed by atoms with Crippen molar-refractivity contribution in [3.8, 4) is 16.9 Å². The van der Waals surface area contributed by atoms with Crippen LogP contribution in [-0.2, 0) is 0 Å². The number of aryl methyl sites for hydroxylation is 1. The van der Waals surface area contributed by atoms with Gasteiger partial charge in [-0.3, -0.25) is 4.79 Å². The number of ether oxygens (including phenoxy) is 1. The molecule has 0 aliphatic heterocycles. The molecule has 5 rings (SSSR count). The van der Waals surface area contributed by atoms with E-state index in [0.29, 0.717) is 41.1 Å². The number of pyridine rings is 1. The standard InChI is InChI=1S/C30H30Cl2FN5O3/c1-16(26-23(31)11-12-24(33)27(26)32)40-25-13-22(15-35-28(25)34)19-7-9-20(10-8-19)29(39)36-14-18-3-5-21(6-4-18)30-37-17(2)38-41-30/h7-13,15-16,18,21H,3-6,14H2,1-2H3,(H2,34,35)(H,36,39)/t16?,18-,21-. The van der Waals surface area contributed by atoms with Crippen LogP contribution in [0.1, 0.15) is 72.3 Å². The number of carbonyl (C=O) groups excluding carboxylic acids is 1. The second-order valence-corrected chi connectivity index (χ2v) is 11.1. The highest BCUT2D eigenvalue weighted by Gasteiger charge is 2.26. The summed E-state index contributed by atoms with van der Waals surface area (Å²) < 4.78 is 25.3. The number of halogens is 3. The van der Waals surface area contributed by atoms with Crippen LogP contribution in [0, 0.1) is 18.7 Å². The zero-order chi connectivity index (χ0) is 29.1. The van der Waals surface area contributed by atoms with E-state index in [1.54, 1.807) is 31.3 Å². The van der Waals surface area contributed by atoms with Crippen molar-refractivity contribution in [2.75, 3.05) is 12.3 Å². The van der Waals surface area contributed by atoms with Crippen LogP contribution in [0.25, 0.3) is 11.1 Å². The number of aromatic nitrogens is 3. The molecule has 1 aliphatic rings. The molecule has 1 aliphatic carbocycles. The SMILES string of the molecule is Cc1noc([C@H]2CC[C@H](CNC(=O)c3ccc(-c4cnc(N)c(OC(C)c5c(Cl)ccc(F)c5Cl)c4)cc3)CC2)n1. The minimum absolute atomic E-state index is 0.104. The number of nitrogens with two attached hydrogens (primary N) is 1. The summed E-state index contributed by atoms with van der Waals surface area (Å²) in [6.07, 6.45) is 4.87. The molecule has 2 aromatic heterocycles. The molecule has 1 amide bonds. The summed E-state index contributed by atoms with van der Waals surface area (Å²) in [4.78, 5) is 21.4. The molecule has 2 heterocycles. The van der Waals surface area contributed by atoms with Crippen molar-refractivity contribution in [1.29, 1.82) is 0 Å². The first-order valence-electron chi connectivity index (χ1n) is 13.4. The van der Waals surface area contributed by atoms with Gasteiger partial charge in [-0.25, -0.2) is 9.37 Å². The maximum atomic E-state index is 14.0. The molecule has 8 nitrogen and oxygen atoms in total. The van der Waals surface area contributed by atoms with Gasteiger partial charge in [-0.2, -0.15) is 4.98 Å². The number of amides is 1. The van der Waals surface area contributed by atoms with Crippen molar-refractivity contribution in [3.63, 3.8) is 0 Å². The second kappa shape index (κ2) is 12.4. The van der Waals surface area contributed by atoms with Gasteiger partial charge in [0, 0.05) is 40.4 Å². The Kier molecular flexibility index (Phi) is 8.75. The minimum atomic E-state index is -0.686. The van der Waals surface area contributed by atoms with Gasteiger partial charge in [-0.05, 0) is 81.3 Å². The number of nitrogen functional groups attached to an aromatic ring is 1. The molecule has 0 spiro atoms. The molecule has 2 aromatic carbocycles. The molecule has 11 heteroatoms. The summed E-state index contributed by atoms with van der Waals surface area (Å²) in [5.74, 6) is 1.85. The van der Waals surface area contributed by atoms with E-state index < -0.39 is 11.9 Å². The van der Waals surface area contributed by atoms with Crippen molar-refractivity contribution >= 4 is 34.9 Å². The molecule has 1 unspecified atom stereocenters. The van der Waals surface area contributed by atoms with Crippen molar-refractivity contribution in [1.82, 2.24) is 20.4 Å². The molecule has 41 heavy (non-hydrogen) atoms. The molecule has 1 saturated carbocycles. The van der Waals surface area contributed by atoms with Crippen LogP contribution in [0.5, 0.6) is 5.75 Å². The van der Waals surface area contributed by atoms with Crippen LogP contribution in [0.2, 0.25) is 10.0 Å². The Balaban J connectivity index is 1.19. The summed E-state index contributed by atoms with van der Waals surface area (Å²) >= 11 is 12.4. The van der Waals surface area contributed by atoms with Crippen molar-refractivity contribution in [2.24, 2.45) is 5.92 Å². The lowest BCUT2D eigenvalue weighted by atomic mass is 9.82. The molecular formula is C30H30Cl2FN5O3. The summed E-state index contributed by atoms with van der Waals surface area (Å²) in [5.41, 5.74) is 8.50. The Morgan fingerprint density at radius 3 is 2.56 bits per heavy atom. The van der Waals surface area contributed by atoms with E-state index in [0.717, 1.165) is 42.7 Å². The predicted molar refractivity (Wildman–Crippen MR) is 156 cm³/mol. The fraction of sp³-hybridized carbons (Fsp3) is 0.333. The number of nitrogens with one attached hydrogen (secondary N) is 1. The highest BCUT2D eigenvalue weighted by molar-refractivity contribution is 6.36. The monoisotopic (exact) mass is 597 g/mol. The van der Waals surface area contributed by atoms with Gasteiger partial charge in [0.1, 0.15) is 11.9 Å². The Labute approximate surface area is 247 Å². The van der Waals surface area contributed by atoms with Crippen LogP contribution in [-0.4, -0.2) is 27.6 Å². The molecule has 4 aromatic rings. The van der Waals surface area contributed by atoms with Gasteiger partial charge >= 0.3 is 0 Å². The van der Waals surface area contributed by atoms with E-state index in [1.165, 1.54) is 12.1 Å². The van der Waals surface area contributed by atoms with Crippen LogP contribution in [0.15, 0.2) is 53.2 Å². The lowest BCUT2D eigenvalue weighted by molar-refractivity contribution is 0.0942. The van der Waals surface area contributed by atoms with E-state index in [-0.39, 0.29) is 21.8 Å². The third kappa shape index (κ3) is 6.63. The van der Waals surface area contributed by atoms with Gasteiger partial charge in [0.25, 0.3) is 5.91 Å². The largest absolute Gasteiger partial charge is 0.482 e. The lowest BCUT2D eigenvalue weighted by Gasteiger charge is -2.26. The number of anilines is 1. The Hall–Kier alpha value is -3.69. The number of hydrogen-bond acceptors (Lipinski definition) is 7. The van der Waals surface area contributed by atoms with Crippen LogP contribution in [0.4, 0.5) is 10.2 Å². The molecule has 0 radical (unpaired) electrons. The fourth-order valence-corrected chi connectivity index (χ4v) is 5.80. The highest BCUT2D eigenvalue weighted by Crippen LogP contribution is 2.37. The number of benzene rings is 2. The number of carbonyl (C=O) groups is 1. The smallest absolute Gasteiger partial charge is 0.251 e. The van der Waals surface area contributed by atoms with Gasteiger partial charge in [-0.15, -0.1) is 0 Å². The molecule has 0 saturated heterocycles. The molecule has 3 N–H and O–H groups in total. The van der Waals surface area contributed by atoms with E-state index in [9.17, 15) is 9.18 Å². The van der Waals surface area contributed by atoms with Gasteiger partial charge in [0.2, 0.25) is 5.89 Å². The van der Waals surface area contributed by atoms with Crippen molar-refractivity contribution < 1.29 is 18.4 Å². The third-order valence-corrected chi connectivity index (χ3v) is 8.16. The van der Waals surface area contributed by atoms with Gasteiger partial charge in [0.15, 0.2) is 17.4 Å². The zero-order valence-electron chi connectivity index (χ0n) is 22.7. The van der Waals surface area contributed by atoms with E-state index in [1.807, 2.05) is 19.1 Å². The normalized spacial score (nSPS) is 17.7. The quantitative estimate of drug-likeness (QED) is 0.204. The highest BCUT2D eigenvalue weighted by atomic mass is 35.5. The number of rotatable bonds is 8. The first-order valence-corrected chi connectivity index (χ1v) is 14.2. The Morgan fingerprint density at radius 2 is 1.88 bits per heavy atom. The minimum Gasteiger partial charge on any atom is -0.482 e. The Bertz CT molecular complexity index is 1540. The van der Waals surface area contributed by atoms with Gasteiger partial charge in [-0.1, -0.05) is 40.5 Å². The lowest BCUT2D eigenvalue weighted by Crippen LogP contribution is -2.31. The van der Waals surface area contributed by atoms with Crippen LogP contribution in [0.3, 0.4) is 0 Å². The molecule has 1 atom stereocenters. The maximum absolute atomic E-state index is 14.0. The molecule has 1 fully saturated rings. The van der Waals surface area contributed by atoms with Crippen LogP contribution >= 0.6 is 23.2 Å². The zero-order valence-corrected chi connectivity index (χ0v) is 24.2. The van der Waals surface area contributed by atoms with E-state index in [4.69, 9.17) is 38.2 Å². The third-order valence-electron chi connectivity index (χ3n) is 7.44. The Morgan fingerprint density at radius 1 is 1.15 bits per heavy atom. The summed E-state index contributed by atoms with van der Waals surface area (Å²) in [6, 6.07) is 11.6. The van der Waals surface area contributed by atoms with E-state index in [2.05, 4.69) is 20.4 Å². The molecular weight excluding hydrogens is 568 g/mol. The second-order valence-electron chi connectivity index (χ2n) is 10.3. The molecule has 214 valence electrons. The number of hydrogen-bond donors (Lipinski definition) is 2. The topological polar surface area (TPSA) is 116 Å². The fourth-order valence-electron chi connectivity index (χ4n) is 5.12. The average molecular weight is 599 g/mol. The first kappa shape index (κ1) is 28.8. The van der Waals surface area contributed by atoms with Crippen molar-refractivity contribution in [3.05, 3.63) is 87.4 Å². The summed E-state index contributed by atoms with van der Waals surface area (Å²) in [7, 11) is 0. The van der Waals surface area contributed by atoms with Gasteiger partial charge < -0.3 is 20.3 Å². The van der Waals surface area contributed by atoms with Crippen molar-refractivity contribution in [2.45, 2.75) is 51.6 Å². The first-order chi connectivity index (χ1) is 19.7. The van der Waals surface area contributed by atoms with Crippen LogP contribution < -0.4 is 15.8 Å². The summed E-state index contributed by atoms with van der Waals surface area (Å²) in [5, 5.41) is 7.14. The summed E-state index contributed by atoms with van der Waals surface area (Å²) in [6.45, 7) is 4.15. The average Bonchev–Trinajstić information content (AvgIpc) is 3.41. The van der Waals surface area contributed by atoms with E-state index >= 15 is 0 Å². The molecule has 0 bridgehead atoms. The van der Waals surface area contributed by atoms with Gasteiger partial charge in [0.05, 0.1) is 5.02 Å². The predicted octanol–water partition coefficient (Wildman–Crippen LogP) is 7.31. The maximum Gasteiger partial charge on any atom is 0.251 e.